The topological polar surface area (TPSA) is 21.3 Å². The van der Waals surface area contributed by atoms with E-state index >= 15 is 0 Å². The minimum Gasteiger partial charge on any atom is -0.372 e. The number of nitrogens with one attached hydrogen (secondary N) is 1. The van der Waals surface area contributed by atoms with Gasteiger partial charge in [-0.1, -0.05) is 37.5 Å². The van der Waals surface area contributed by atoms with Crippen molar-refractivity contribution < 1.29 is 9.13 Å². The number of benzene rings is 1. The summed E-state index contributed by atoms with van der Waals surface area (Å²) in [4.78, 5) is 0. The van der Waals surface area contributed by atoms with Gasteiger partial charge in [-0.25, -0.2) is 4.39 Å². The average Bonchev–Trinajstić information content (AvgIpc) is 3.21. The maximum absolute atomic E-state index is 13.9. The molecule has 1 aromatic rings. The third kappa shape index (κ3) is 3.80. The number of rotatable bonds is 8. The predicted molar refractivity (Wildman–Crippen MR) is 78.1 cm³/mol. The van der Waals surface area contributed by atoms with Gasteiger partial charge in [0.25, 0.3) is 0 Å². The SMILES string of the molecule is Fc1ccccc1C(CNC1CC1)OCCC1CCC1. The Morgan fingerprint density at radius 1 is 1.20 bits per heavy atom. The summed E-state index contributed by atoms with van der Waals surface area (Å²) >= 11 is 0. The molecule has 0 aliphatic heterocycles. The third-order valence-corrected chi connectivity index (χ3v) is 4.49. The molecule has 2 fully saturated rings. The van der Waals surface area contributed by atoms with E-state index in [0.717, 1.165) is 25.5 Å². The first-order valence-electron chi connectivity index (χ1n) is 7.92. The summed E-state index contributed by atoms with van der Waals surface area (Å²) in [7, 11) is 0. The van der Waals surface area contributed by atoms with E-state index in [1.807, 2.05) is 12.1 Å². The Balaban J connectivity index is 1.55. The molecule has 0 spiro atoms. The summed E-state index contributed by atoms with van der Waals surface area (Å²) in [6.07, 6.45) is 7.50. The fraction of sp³-hybridized carbons (Fsp3) is 0.647. The van der Waals surface area contributed by atoms with E-state index < -0.39 is 0 Å². The van der Waals surface area contributed by atoms with Gasteiger partial charge in [-0.15, -0.1) is 0 Å². The van der Waals surface area contributed by atoms with Gasteiger partial charge in [-0.2, -0.15) is 0 Å². The molecule has 3 rings (SSSR count). The molecule has 0 aromatic heterocycles. The summed E-state index contributed by atoms with van der Waals surface area (Å²) in [5.74, 6) is 0.686. The first-order chi connectivity index (χ1) is 9.83. The van der Waals surface area contributed by atoms with Crippen LogP contribution in [0.2, 0.25) is 0 Å². The highest BCUT2D eigenvalue weighted by Gasteiger charge is 2.24. The Hall–Kier alpha value is -0.930. The molecule has 3 heteroatoms. The van der Waals surface area contributed by atoms with E-state index in [9.17, 15) is 4.39 Å². The summed E-state index contributed by atoms with van der Waals surface area (Å²) in [5.41, 5.74) is 0.689. The molecular weight excluding hydrogens is 253 g/mol. The van der Waals surface area contributed by atoms with Crippen LogP contribution in [0.3, 0.4) is 0 Å². The van der Waals surface area contributed by atoms with Crippen LogP contribution in [0.25, 0.3) is 0 Å². The van der Waals surface area contributed by atoms with Gasteiger partial charge in [-0.05, 0) is 31.2 Å². The Labute approximate surface area is 120 Å². The van der Waals surface area contributed by atoms with Crippen LogP contribution in [-0.2, 0) is 4.74 Å². The summed E-state index contributed by atoms with van der Waals surface area (Å²) in [6, 6.07) is 7.61. The molecule has 0 bridgehead atoms. The molecule has 110 valence electrons. The van der Waals surface area contributed by atoms with Crippen LogP contribution in [0.4, 0.5) is 4.39 Å². The lowest BCUT2D eigenvalue weighted by Crippen LogP contribution is -2.26. The molecule has 0 heterocycles. The zero-order valence-electron chi connectivity index (χ0n) is 12.0. The van der Waals surface area contributed by atoms with Crippen molar-refractivity contribution >= 4 is 0 Å². The lowest BCUT2D eigenvalue weighted by Gasteiger charge is -2.26. The van der Waals surface area contributed by atoms with Crippen molar-refractivity contribution in [1.29, 1.82) is 0 Å². The molecule has 1 atom stereocenters. The highest BCUT2D eigenvalue weighted by Crippen LogP contribution is 2.30. The monoisotopic (exact) mass is 277 g/mol. The smallest absolute Gasteiger partial charge is 0.129 e. The summed E-state index contributed by atoms with van der Waals surface area (Å²) in [6.45, 7) is 1.46. The molecule has 0 radical (unpaired) electrons. The lowest BCUT2D eigenvalue weighted by atomic mass is 9.83. The fourth-order valence-corrected chi connectivity index (χ4v) is 2.71. The van der Waals surface area contributed by atoms with Gasteiger partial charge in [0.05, 0.1) is 6.10 Å². The van der Waals surface area contributed by atoms with Gasteiger partial charge in [0.15, 0.2) is 0 Å². The van der Waals surface area contributed by atoms with Crippen molar-refractivity contribution in [1.82, 2.24) is 5.32 Å². The van der Waals surface area contributed by atoms with E-state index in [0.29, 0.717) is 11.6 Å². The minimum atomic E-state index is -0.156. The first-order valence-corrected chi connectivity index (χ1v) is 7.92. The van der Waals surface area contributed by atoms with Gasteiger partial charge in [0.1, 0.15) is 5.82 Å². The second-order valence-corrected chi connectivity index (χ2v) is 6.15. The zero-order chi connectivity index (χ0) is 13.8. The number of hydrogen-bond donors (Lipinski definition) is 1. The van der Waals surface area contributed by atoms with E-state index in [4.69, 9.17) is 4.74 Å². The molecule has 1 aromatic carbocycles. The Kier molecular flexibility index (Phi) is 4.69. The van der Waals surface area contributed by atoms with E-state index in [1.165, 1.54) is 38.2 Å². The van der Waals surface area contributed by atoms with Crippen molar-refractivity contribution in [3.63, 3.8) is 0 Å². The Morgan fingerprint density at radius 3 is 2.65 bits per heavy atom. The molecule has 2 saturated carbocycles. The largest absolute Gasteiger partial charge is 0.372 e. The normalized spacial score (nSPS) is 20.6. The standard InChI is InChI=1S/C17H24FNO/c18-16-7-2-1-6-15(16)17(12-19-14-8-9-14)20-11-10-13-4-3-5-13/h1-2,6-7,13-14,17,19H,3-5,8-12H2. The van der Waals surface area contributed by atoms with Crippen LogP contribution in [-0.4, -0.2) is 19.2 Å². The highest BCUT2D eigenvalue weighted by atomic mass is 19.1. The molecule has 1 N–H and O–H groups in total. The molecule has 2 aliphatic rings. The summed E-state index contributed by atoms with van der Waals surface area (Å²) < 4.78 is 19.9. The van der Waals surface area contributed by atoms with E-state index in [1.54, 1.807) is 6.07 Å². The van der Waals surface area contributed by atoms with Crippen molar-refractivity contribution in [3.05, 3.63) is 35.6 Å². The molecular formula is C17H24FNO. The minimum absolute atomic E-state index is 0.154. The van der Waals surface area contributed by atoms with Crippen LogP contribution < -0.4 is 5.32 Å². The maximum atomic E-state index is 13.9. The lowest BCUT2D eigenvalue weighted by molar-refractivity contribution is 0.0349. The Morgan fingerprint density at radius 2 is 2.00 bits per heavy atom. The molecule has 2 aliphatic carbocycles. The van der Waals surface area contributed by atoms with Gasteiger partial charge in [-0.3, -0.25) is 0 Å². The van der Waals surface area contributed by atoms with Crippen molar-refractivity contribution in [3.8, 4) is 0 Å². The molecule has 0 saturated heterocycles. The van der Waals surface area contributed by atoms with Crippen LogP contribution in [0.1, 0.15) is 50.2 Å². The van der Waals surface area contributed by atoms with Gasteiger partial charge >= 0.3 is 0 Å². The summed E-state index contributed by atoms with van der Waals surface area (Å²) in [5, 5.41) is 3.46. The van der Waals surface area contributed by atoms with Crippen molar-refractivity contribution in [2.45, 2.75) is 50.7 Å². The zero-order valence-corrected chi connectivity index (χ0v) is 12.0. The third-order valence-electron chi connectivity index (χ3n) is 4.49. The highest BCUT2D eigenvalue weighted by molar-refractivity contribution is 5.20. The van der Waals surface area contributed by atoms with E-state index in [2.05, 4.69) is 5.32 Å². The van der Waals surface area contributed by atoms with E-state index in [-0.39, 0.29) is 11.9 Å². The molecule has 20 heavy (non-hydrogen) atoms. The first kappa shape index (κ1) is 14.0. The Bertz CT molecular complexity index is 429. The maximum Gasteiger partial charge on any atom is 0.129 e. The van der Waals surface area contributed by atoms with Crippen LogP contribution in [0.15, 0.2) is 24.3 Å². The quantitative estimate of drug-likeness (QED) is 0.780. The number of hydrogen-bond acceptors (Lipinski definition) is 2. The fourth-order valence-electron chi connectivity index (χ4n) is 2.71. The van der Waals surface area contributed by atoms with Crippen LogP contribution in [0, 0.1) is 11.7 Å². The van der Waals surface area contributed by atoms with Gasteiger partial charge in [0, 0.05) is 24.8 Å². The average molecular weight is 277 g/mol. The molecule has 0 amide bonds. The number of halogens is 1. The van der Waals surface area contributed by atoms with Crippen LogP contribution in [0.5, 0.6) is 0 Å². The number of ether oxygens (including phenoxy) is 1. The van der Waals surface area contributed by atoms with Crippen molar-refractivity contribution in [2.24, 2.45) is 5.92 Å². The predicted octanol–water partition coefficient (Wildman–Crippen LogP) is 3.83. The van der Waals surface area contributed by atoms with Gasteiger partial charge < -0.3 is 10.1 Å². The van der Waals surface area contributed by atoms with Crippen LogP contribution >= 0.6 is 0 Å². The van der Waals surface area contributed by atoms with Gasteiger partial charge in [0.2, 0.25) is 0 Å². The molecule has 1 unspecified atom stereocenters. The molecule has 2 nitrogen and oxygen atoms in total. The second kappa shape index (κ2) is 6.68. The van der Waals surface area contributed by atoms with Crippen molar-refractivity contribution in [2.75, 3.05) is 13.2 Å². The second-order valence-electron chi connectivity index (χ2n) is 6.15.